The Bertz CT molecular complexity index is 478. The highest BCUT2D eigenvalue weighted by molar-refractivity contribution is 5.39. The van der Waals surface area contributed by atoms with E-state index in [0.717, 1.165) is 5.69 Å². The molecule has 5 heteroatoms. The number of nitrogen functional groups attached to an aromatic ring is 1. The minimum absolute atomic E-state index is 0.542. The van der Waals surface area contributed by atoms with Gasteiger partial charge in [0.15, 0.2) is 5.82 Å². The number of rotatable bonds is 2. The molecule has 5 nitrogen and oxygen atoms in total. The van der Waals surface area contributed by atoms with Crippen LogP contribution in [0.5, 0.6) is 5.88 Å². The molecule has 0 radical (unpaired) electrons. The van der Waals surface area contributed by atoms with Crippen molar-refractivity contribution in [3.8, 4) is 11.7 Å². The number of nitrogens with two attached hydrogens (primary N) is 1. The Morgan fingerprint density at radius 3 is 2.80 bits per heavy atom. The molecule has 0 saturated carbocycles. The van der Waals surface area contributed by atoms with E-state index >= 15 is 0 Å². The molecule has 2 rings (SSSR count). The summed E-state index contributed by atoms with van der Waals surface area (Å²) in [7, 11) is 1.57. The maximum absolute atomic E-state index is 5.78. The largest absolute Gasteiger partial charge is 0.481 e. The summed E-state index contributed by atoms with van der Waals surface area (Å²) in [5.41, 5.74) is 6.64. The molecule has 0 bridgehead atoms. The van der Waals surface area contributed by atoms with Crippen LogP contribution in [0.3, 0.4) is 0 Å². The highest BCUT2D eigenvalue weighted by Gasteiger charge is 2.05. The second kappa shape index (κ2) is 3.61. The molecule has 2 aromatic rings. The lowest BCUT2D eigenvalue weighted by Gasteiger charge is -2.04. The predicted molar refractivity (Wildman–Crippen MR) is 57.1 cm³/mol. The SMILES string of the molecule is COc1cccc(-n2nc(C)cc2N)n1. The molecule has 0 fully saturated rings. The summed E-state index contributed by atoms with van der Waals surface area (Å²) in [6.07, 6.45) is 0. The van der Waals surface area contributed by atoms with Gasteiger partial charge in [-0.05, 0) is 13.0 Å². The van der Waals surface area contributed by atoms with E-state index < -0.39 is 0 Å². The van der Waals surface area contributed by atoms with Gasteiger partial charge in [0.05, 0.1) is 12.8 Å². The molecule has 78 valence electrons. The number of nitrogens with zero attached hydrogens (tertiary/aromatic N) is 3. The van der Waals surface area contributed by atoms with Gasteiger partial charge in [-0.1, -0.05) is 6.07 Å². The fourth-order valence-corrected chi connectivity index (χ4v) is 1.34. The Hall–Kier alpha value is -2.04. The molecule has 0 aliphatic rings. The second-order valence-electron chi connectivity index (χ2n) is 3.16. The summed E-state index contributed by atoms with van der Waals surface area (Å²) in [6.45, 7) is 1.88. The molecule has 0 saturated heterocycles. The van der Waals surface area contributed by atoms with Crippen LogP contribution in [0.1, 0.15) is 5.69 Å². The van der Waals surface area contributed by atoms with E-state index in [1.165, 1.54) is 0 Å². The van der Waals surface area contributed by atoms with E-state index in [2.05, 4.69) is 10.1 Å². The Labute approximate surface area is 87.5 Å². The fraction of sp³-hybridized carbons (Fsp3) is 0.200. The van der Waals surface area contributed by atoms with E-state index in [9.17, 15) is 0 Å². The number of methoxy groups -OCH3 is 1. The molecule has 0 amide bonds. The summed E-state index contributed by atoms with van der Waals surface area (Å²) in [6, 6.07) is 7.24. The van der Waals surface area contributed by atoms with Crippen LogP contribution >= 0.6 is 0 Å². The van der Waals surface area contributed by atoms with Crippen LogP contribution in [0, 0.1) is 6.92 Å². The molecule has 2 heterocycles. The normalized spacial score (nSPS) is 10.3. The van der Waals surface area contributed by atoms with Gasteiger partial charge in [0.1, 0.15) is 5.82 Å². The average Bonchev–Trinajstić information content (AvgIpc) is 2.58. The molecule has 15 heavy (non-hydrogen) atoms. The first-order valence-electron chi connectivity index (χ1n) is 4.54. The van der Waals surface area contributed by atoms with Gasteiger partial charge in [-0.25, -0.2) is 0 Å². The molecule has 2 N–H and O–H groups in total. The minimum atomic E-state index is 0.542. The number of aryl methyl sites for hydroxylation is 1. The van der Waals surface area contributed by atoms with Gasteiger partial charge < -0.3 is 10.5 Å². The molecule has 0 aliphatic heterocycles. The number of anilines is 1. The zero-order valence-corrected chi connectivity index (χ0v) is 8.64. The van der Waals surface area contributed by atoms with Crippen molar-refractivity contribution in [3.05, 3.63) is 30.0 Å². The first kappa shape index (κ1) is 9.51. The van der Waals surface area contributed by atoms with Crippen LogP contribution in [0.15, 0.2) is 24.3 Å². The van der Waals surface area contributed by atoms with Crippen molar-refractivity contribution in [2.45, 2.75) is 6.92 Å². The Balaban J connectivity index is 2.49. The Morgan fingerprint density at radius 1 is 1.40 bits per heavy atom. The summed E-state index contributed by atoms with van der Waals surface area (Å²) in [4.78, 5) is 4.23. The van der Waals surface area contributed by atoms with Crippen LogP contribution < -0.4 is 10.5 Å². The molecular formula is C10H12N4O. The van der Waals surface area contributed by atoms with Crippen molar-refractivity contribution in [2.75, 3.05) is 12.8 Å². The van der Waals surface area contributed by atoms with Crippen molar-refractivity contribution in [1.29, 1.82) is 0 Å². The fourth-order valence-electron chi connectivity index (χ4n) is 1.34. The monoisotopic (exact) mass is 204 g/mol. The van der Waals surface area contributed by atoms with Crippen molar-refractivity contribution in [3.63, 3.8) is 0 Å². The second-order valence-corrected chi connectivity index (χ2v) is 3.16. The first-order valence-corrected chi connectivity index (χ1v) is 4.54. The third-order valence-corrected chi connectivity index (χ3v) is 1.99. The number of hydrogen-bond donors (Lipinski definition) is 1. The quantitative estimate of drug-likeness (QED) is 0.797. The Morgan fingerprint density at radius 2 is 2.20 bits per heavy atom. The zero-order chi connectivity index (χ0) is 10.8. The van der Waals surface area contributed by atoms with Crippen LogP contribution in [0.2, 0.25) is 0 Å². The lowest BCUT2D eigenvalue weighted by molar-refractivity contribution is 0.397. The van der Waals surface area contributed by atoms with Gasteiger partial charge >= 0.3 is 0 Å². The van der Waals surface area contributed by atoms with Gasteiger partial charge in [-0.2, -0.15) is 14.8 Å². The van der Waals surface area contributed by atoms with Crippen LogP contribution in [-0.2, 0) is 0 Å². The van der Waals surface area contributed by atoms with Crippen molar-refractivity contribution in [1.82, 2.24) is 14.8 Å². The van der Waals surface area contributed by atoms with E-state index in [-0.39, 0.29) is 0 Å². The third-order valence-electron chi connectivity index (χ3n) is 1.99. The van der Waals surface area contributed by atoms with E-state index in [4.69, 9.17) is 10.5 Å². The third kappa shape index (κ3) is 1.76. The topological polar surface area (TPSA) is 66.0 Å². The summed E-state index contributed by atoms with van der Waals surface area (Å²) >= 11 is 0. The first-order chi connectivity index (χ1) is 7.20. The molecule has 0 aromatic carbocycles. The van der Waals surface area contributed by atoms with Crippen molar-refractivity contribution >= 4 is 5.82 Å². The lowest BCUT2D eigenvalue weighted by atomic mass is 10.4. The molecular weight excluding hydrogens is 192 g/mol. The van der Waals surface area contributed by atoms with E-state index in [0.29, 0.717) is 17.5 Å². The van der Waals surface area contributed by atoms with Crippen LogP contribution in [0.4, 0.5) is 5.82 Å². The van der Waals surface area contributed by atoms with Gasteiger partial charge in [0, 0.05) is 12.1 Å². The highest BCUT2D eigenvalue weighted by Crippen LogP contribution is 2.14. The molecule has 2 aromatic heterocycles. The number of aromatic nitrogens is 3. The summed E-state index contributed by atoms with van der Waals surface area (Å²) in [5, 5.41) is 4.23. The number of ether oxygens (including phenoxy) is 1. The van der Waals surface area contributed by atoms with Gasteiger partial charge in [-0.15, -0.1) is 0 Å². The standard InChI is InChI=1S/C10H12N4O/c1-7-6-8(11)14(13-7)9-4-3-5-10(12-9)15-2/h3-6H,11H2,1-2H3. The maximum Gasteiger partial charge on any atom is 0.214 e. The van der Waals surface area contributed by atoms with Gasteiger partial charge in [-0.3, -0.25) is 0 Å². The van der Waals surface area contributed by atoms with Gasteiger partial charge in [0.2, 0.25) is 5.88 Å². The lowest BCUT2D eigenvalue weighted by Crippen LogP contribution is -2.04. The Kier molecular flexibility index (Phi) is 2.29. The molecule has 0 aliphatic carbocycles. The van der Waals surface area contributed by atoms with E-state index in [1.54, 1.807) is 23.9 Å². The predicted octanol–water partition coefficient (Wildman–Crippen LogP) is 1.17. The van der Waals surface area contributed by atoms with Crippen LogP contribution in [0.25, 0.3) is 5.82 Å². The van der Waals surface area contributed by atoms with E-state index in [1.807, 2.05) is 19.1 Å². The zero-order valence-electron chi connectivity index (χ0n) is 8.64. The average molecular weight is 204 g/mol. The minimum Gasteiger partial charge on any atom is -0.481 e. The number of hydrogen-bond acceptors (Lipinski definition) is 4. The number of pyridine rings is 1. The smallest absolute Gasteiger partial charge is 0.214 e. The highest BCUT2D eigenvalue weighted by atomic mass is 16.5. The van der Waals surface area contributed by atoms with Crippen LogP contribution in [-0.4, -0.2) is 21.9 Å². The molecule has 0 atom stereocenters. The molecule has 0 spiro atoms. The summed E-state index contributed by atoms with van der Waals surface area (Å²) in [5.74, 6) is 1.76. The van der Waals surface area contributed by atoms with Crippen molar-refractivity contribution in [2.24, 2.45) is 0 Å². The molecule has 0 unspecified atom stereocenters. The maximum atomic E-state index is 5.78. The van der Waals surface area contributed by atoms with Crippen molar-refractivity contribution < 1.29 is 4.74 Å². The summed E-state index contributed by atoms with van der Waals surface area (Å²) < 4.78 is 6.61. The van der Waals surface area contributed by atoms with Gasteiger partial charge in [0.25, 0.3) is 0 Å².